The van der Waals surface area contributed by atoms with Crippen LogP contribution in [-0.2, 0) is 9.53 Å². The predicted molar refractivity (Wildman–Crippen MR) is 84.6 cm³/mol. The molecule has 5 nitrogen and oxygen atoms in total. The number of benzene rings is 2. The third-order valence-corrected chi connectivity index (χ3v) is 3.00. The highest BCUT2D eigenvalue weighted by Gasteiger charge is 2.15. The summed E-state index contributed by atoms with van der Waals surface area (Å²) in [6.45, 7) is 3.41. The summed E-state index contributed by atoms with van der Waals surface area (Å²) >= 11 is 0. The summed E-state index contributed by atoms with van der Waals surface area (Å²) < 4.78 is 10.3. The number of carbonyl (C=O) groups is 2. The molecule has 0 unspecified atom stereocenters. The Morgan fingerprint density at radius 1 is 1.09 bits per heavy atom. The fourth-order valence-corrected chi connectivity index (χ4v) is 1.92. The molecule has 0 saturated heterocycles. The molecule has 0 spiro atoms. The van der Waals surface area contributed by atoms with Gasteiger partial charge >= 0.3 is 5.97 Å². The Hall–Kier alpha value is -3.08. The molecule has 0 heterocycles. The van der Waals surface area contributed by atoms with Gasteiger partial charge in [-0.3, -0.25) is 4.79 Å². The summed E-state index contributed by atoms with van der Waals surface area (Å²) in [5.74, 6) is -0.527. The van der Waals surface area contributed by atoms with E-state index in [9.17, 15) is 14.7 Å². The van der Waals surface area contributed by atoms with Gasteiger partial charge in [0.2, 0.25) is 0 Å². The first-order valence-corrected chi connectivity index (χ1v) is 6.96. The molecule has 0 saturated carbocycles. The number of phenols is 1. The molecule has 0 amide bonds. The lowest BCUT2D eigenvalue weighted by Gasteiger charge is -2.11. The number of carbonyl (C=O) groups excluding carboxylic acids is 2. The minimum atomic E-state index is -0.542. The average Bonchev–Trinajstić information content (AvgIpc) is 2.59. The van der Waals surface area contributed by atoms with Crippen molar-refractivity contribution in [2.24, 2.45) is 0 Å². The van der Waals surface area contributed by atoms with Crippen molar-refractivity contribution in [1.82, 2.24) is 0 Å². The number of hydrogen-bond acceptors (Lipinski definition) is 5. The van der Waals surface area contributed by atoms with Gasteiger partial charge in [0.15, 0.2) is 5.78 Å². The van der Waals surface area contributed by atoms with E-state index in [0.29, 0.717) is 11.3 Å². The van der Waals surface area contributed by atoms with Gasteiger partial charge in [0.1, 0.15) is 24.7 Å². The van der Waals surface area contributed by atoms with Crippen LogP contribution in [0.4, 0.5) is 0 Å². The van der Waals surface area contributed by atoms with E-state index in [0.717, 1.165) is 6.08 Å². The van der Waals surface area contributed by atoms with Crippen molar-refractivity contribution in [3.63, 3.8) is 0 Å². The van der Waals surface area contributed by atoms with E-state index >= 15 is 0 Å². The van der Waals surface area contributed by atoms with Gasteiger partial charge in [-0.25, -0.2) is 4.79 Å². The molecule has 0 aliphatic carbocycles. The molecular weight excluding hydrogens is 296 g/mol. The molecule has 0 aromatic heterocycles. The summed E-state index contributed by atoms with van der Waals surface area (Å²) in [5, 5.41) is 9.62. The summed E-state index contributed by atoms with van der Waals surface area (Å²) in [7, 11) is 0. The molecule has 1 N–H and O–H groups in total. The van der Waals surface area contributed by atoms with Crippen molar-refractivity contribution in [3.8, 4) is 11.5 Å². The van der Waals surface area contributed by atoms with Gasteiger partial charge < -0.3 is 14.6 Å². The number of ether oxygens (including phenoxy) is 2. The summed E-state index contributed by atoms with van der Waals surface area (Å²) in [6, 6.07) is 13.0. The lowest BCUT2D eigenvalue weighted by atomic mass is 10.0. The SMILES string of the molecule is C=CC(=O)OCCOc1ccc(O)cc1C(=O)c1ccccc1. The van der Waals surface area contributed by atoms with E-state index in [2.05, 4.69) is 6.58 Å². The van der Waals surface area contributed by atoms with Crippen LogP contribution in [0.2, 0.25) is 0 Å². The highest BCUT2D eigenvalue weighted by Crippen LogP contribution is 2.26. The van der Waals surface area contributed by atoms with E-state index in [1.54, 1.807) is 24.3 Å². The normalized spacial score (nSPS) is 9.91. The third kappa shape index (κ3) is 4.44. The summed E-state index contributed by atoms with van der Waals surface area (Å²) in [4.78, 5) is 23.5. The minimum Gasteiger partial charge on any atom is -0.508 e. The van der Waals surface area contributed by atoms with Crippen LogP contribution in [0.25, 0.3) is 0 Å². The Kier molecular flexibility index (Phi) is 5.52. The maximum atomic E-state index is 12.5. The van der Waals surface area contributed by atoms with Gasteiger partial charge in [0, 0.05) is 11.6 Å². The van der Waals surface area contributed by atoms with Gasteiger partial charge in [0.25, 0.3) is 0 Å². The molecule has 118 valence electrons. The fraction of sp³-hybridized carbons (Fsp3) is 0.111. The maximum absolute atomic E-state index is 12.5. The number of hydrogen-bond donors (Lipinski definition) is 1. The molecule has 0 aliphatic rings. The van der Waals surface area contributed by atoms with Gasteiger partial charge in [-0.1, -0.05) is 36.9 Å². The number of phenolic OH excluding ortho intramolecular Hbond substituents is 1. The zero-order valence-corrected chi connectivity index (χ0v) is 12.4. The van der Waals surface area contributed by atoms with Crippen LogP contribution in [0.1, 0.15) is 15.9 Å². The van der Waals surface area contributed by atoms with Crippen LogP contribution in [0.5, 0.6) is 11.5 Å². The van der Waals surface area contributed by atoms with Crippen LogP contribution in [0.15, 0.2) is 61.2 Å². The van der Waals surface area contributed by atoms with Gasteiger partial charge in [-0.05, 0) is 18.2 Å². The van der Waals surface area contributed by atoms with Crippen LogP contribution in [0, 0.1) is 0 Å². The van der Waals surface area contributed by atoms with E-state index in [4.69, 9.17) is 9.47 Å². The largest absolute Gasteiger partial charge is 0.508 e. The molecule has 0 radical (unpaired) electrons. The lowest BCUT2D eigenvalue weighted by Crippen LogP contribution is -2.12. The number of rotatable bonds is 7. The predicted octanol–water partition coefficient (Wildman–Crippen LogP) is 2.73. The second-order valence-corrected chi connectivity index (χ2v) is 4.60. The monoisotopic (exact) mass is 312 g/mol. The second-order valence-electron chi connectivity index (χ2n) is 4.60. The Bertz CT molecular complexity index is 707. The molecule has 2 aromatic rings. The molecule has 0 atom stereocenters. The highest BCUT2D eigenvalue weighted by molar-refractivity contribution is 6.10. The first kappa shape index (κ1) is 16.3. The molecule has 2 rings (SSSR count). The molecule has 0 fully saturated rings. The van der Waals surface area contributed by atoms with E-state index in [-0.39, 0.29) is 30.3 Å². The zero-order valence-electron chi connectivity index (χ0n) is 12.4. The Morgan fingerprint density at radius 3 is 2.52 bits per heavy atom. The number of ketones is 1. The van der Waals surface area contributed by atoms with Gasteiger partial charge in [0.05, 0.1) is 5.56 Å². The molecule has 0 aliphatic heterocycles. The van der Waals surface area contributed by atoms with Crippen LogP contribution in [-0.4, -0.2) is 30.1 Å². The summed E-state index contributed by atoms with van der Waals surface area (Å²) in [6.07, 6.45) is 1.06. The number of aromatic hydroxyl groups is 1. The fourth-order valence-electron chi connectivity index (χ4n) is 1.92. The Labute approximate surface area is 133 Å². The quantitative estimate of drug-likeness (QED) is 0.368. The third-order valence-electron chi connectivity index (χ3n) is 3.00. The highest BCUT2D eigenvalue weighted by atomic mass is 16.6. The average molecular weight is 312 g/mol. The van der Waals surface area contributed by atoms with E-state index in [1.807, 2.05) is 6.07 Å². The van der Waals surface area contributed by atoms with Crippen LogP contribution >= 0.6 is 0 Å². The van der Waals surface area contributed by atoms with Crippen molar-refractivity contribution in [2.75, 3.05) is 13.2 Å². The van der Waals surface area contributed by atoms with Crippen LogP contribution < -0.4 is 4.74 Å². The number of esters is 1. The smallest absolute Gasteiger partial charge is 0.330 e. The molecular formula is C18H16O5. The van der Waals surface area contributed by atoms with Crippen molar-refractivity contribution in [3.05, 3.63) is 72.3 Å². The maximum Gasteiger partial charge on any atom is 0.330 e. The van der Waals surface area contributed by atoms with Crippen LogP contribution in [0.3, 0.4) is 0 Å². The molecule has 0 bridgehead atoms. The van der Waals surface area contributed by atoms with Crippen molar-refractivity contribution < 1.29 is 24.2 Å². The van der Waals surface area contributed by atoms with Crippen molar-refractivity contribution in [2.45, 2.75) is 0 Å². The molecule has 2 aromatic carbocycles. The lowest BCUT2D eigenvalue weighted by molar-refractivity contribution is -0.138. The van der Waals surface area contributed by atoms with Crippen molar-refractivity contribution in [1.29, 1.82) is 0 Å². The summed E-state index contributed by atoms with van der Waals surface area (Å²) in [5.41, 5.74) is 0.729. The van der Waals surface area contributed by atoms with Gasteiger partial charge in [-0.15, -0.1) is 0 Å². The second kappa shape index (κ2) is 7.79. The first-order valence-electron chi connectivity index (χ1n) is 6.96. The van der Waals surface area contributed by atoms with E-state index < -0.39 is 5.97 Å². The zero-order chi connectivity index (χ0) is 16.7. The Balaban J connectivity index is 2.13. The minimum absolute atomic E-state index is 0.0324. The van der Waals surface area contributed by atoms with Crippen molar-refractivity contribution >= 4 is 11.8 Å². The standard InChI is InChI=1S/C18H16O5/c1-2-17(20)23-11-10-22-16-9-8-14(19)12-15(16)18(21)13-6-4-3-5-7-13/h2-9,12,19H,1,10-11H2. The van der Waals surface area contributed by atoms with Gasteiger partial charge in [-0.2, -0.15) is 0 Å². The molecule has 5 heteroatoms. The first-order chi connectivity index (χ1) is 11.1. The molecule has 23 heavy (non-hydrogen) atoms. The van der Waals surface area contributed by atoms with E-state index in [1.165, 1.54) is 18.2 Å². The topological polar surface area (TPSA) is 72.8 Å². The Morgan fingerprint density at radius 2 is 1.83 bits per heavy atom.